The maximum absolute atomic E-state index is 3.66. The van der Waals surface area contributed by atoms with Crippen molar-refractivity contribution in [2.75, 3.05) is 16.8 Å². The monoisotopic (exact) mass is 656 g/mol. The fraction of sp³-hybridized carbons (Fsp3) is 0.0213. The van der Waals surface area contributed by atoms with Gasteiger partial charge in [0.2, 0.25) is 0 Å². The van der Waals surface area contributed by atoms with Crippen molar-refractivity contribution in [1.29, 1.82) is 0 Å². The lowest BCUT2D eigenvalue weighted by Gasteiger charge is -2.31. The van der Waals surface area contributed by atoms with Gasteiger partial charge in [-0.1, -0.05) is 133 Å². The summed E-state index contributed by atoms with van der Waals surface area (Å²) in [5.74, 6) is 0. The topological polar surface area (TPSA) is 15.3 Å². The van der Waals surface area contributed by atoms with Crippen LogP contribution in [-0.4, -0.2) is 6.54 Å². The second-order valence-electron chi connectivity index (χ2n) is 12.9. The van der Waals surface area contributed by atoms with Crippen LogP contribution in [-0.2, 0) is 0 Å². The van der Waals surface area contributed by atoms with Crippen molar-refractivity contribution in [3.63, 3.8) is 0 Å². The van der Waals surface area contributed by atoms with Crippen LogP contribution < -0.4 is 10.2 Å². The summed E-state index contributed by atoms with van der Waals surface area (Å²) in [6.45, 7) is 0.781. The van der Waals surface area contributed by atoms with Crippen LogP contribution in [0.15, 0.2) is 176 Å². The third kappa shape index (κ3) is 4.70. The highest BCUT2D eigenvalue weighted by molar-refractivity contribution is 7.23. The predicted molar refractivity (Wildman–Crippen MR) is 217 cm³/mol. The molecule has 1 aromatic heterocycles. The van der Waals surface area contributed by atoms with E-state index in [1.54, 1.807) is 0 Å². The van der Waals surface area contributed by atoms with Gasteiger partial charge in [0.1, 0.15) is 0 Å². The Morgan fingerprint density at radius 1 is 0.460 bits per heavy atom. The molecule has 50 heavy (non-hydrogen) atoms. The van der Waals surface area contributed by atoms with Gasteiger partial charge in [-0.05, 0) is 97.0 Å². The fourth-order valence-corrected chi connectivity index (χ4v) is 8.84. The summed E-state index contributed by atoms with van der Waals surface area (Å²) < 4.78 is 1.29. The number of thiophene rings is 1. The van der Waals surface area contributed by atoms with Gasteiger partial charge in [0.25, 0.3) is 0 Å². The molecule has 0 bridgehead atoms. The van der Waals surface area contributed by atoms with E-state index in [-0.39, 0.29) is 0 Å². The van der Waals surface area contributed by atoms with E-state index in [4.69, 9.17) is 0 Å². The molecule has 8 aromatic carbocycles. The molecule has 236 valence electrons. The van der Waals surface area contributed by atoms with Gasteiger partial charge in [-0.3, -0.25) is 0 Å². The average Bonchev–Trinajstić information content (AvgIpc) is 3.58. The minimum atomic E-state index is 0.781. The minimum absolute atomic E-state index is 0.781. The summed E-state index contributed by atoms with van der Waals surface area (Å²) in [6.07, 6.45) is 2.34. The molecule has 1 N–H and O–H groups in total. The SMILES string of the molecule is C1=C(N(c2ccc(-c3ccccc3)cc2)c2ccc(-c3cc4c5ccccc5ccc4c4ccccc34)cc2)c2c(sc3ccccc23)NC1. The number of hydrogen-bond donors (Lipinski definition) is 1. The summed E-state index contributed by atoms with van der Waals surface area (Å²) in [5.41, 5.74) is 9.63. The maximum atomic E-state index is 3.66. The Morgan fingerprint density at radius 2 is 1.06 bits per heavy atom. The molecular weight excluding hydrogens is 625 g/mol. The van der Waals surface area contributed by atoms with Gasteiger partial charge in [0.15, 0.2) is 0 Å². The van der Waals surface area contributed by atoms with Gasteiger partial charge in [-0.25, -0.2) is 0 Å². The highest BCUT2D eigenvalue weighted by Gasteiger charge is 2.25. The normalized spacial score (nSPS) is 12.6. The molecule has 2 heterocycles. The lowest BCUT2D eigenvalue weighted by molar-refractivity contribution is 1.24. The number of hydrogen-bond acceptors (Lipinski definition) is 3. The second kappa shape index (κ2) is 11.8. The average molecular weight is 657 g/mol. The van der Waals surface area contributed by atoms with Crippen molar-refractivity contribution in [3.8, 4) is 22.3 Å². The maximum Gasteiger partial charge on any atom is 0.0992 e. The van der Waals surface area contributed by atoms with Crippen molar-refractivity contribution in [2.24, 2.45) is 0 Å². The molecule has 0 amide bonds. The molecule has 1 aliphatic rings. The number of nitrogens with zero attached hydrogens (tertiary/aromatic N) is 1. The third-order valence-electron chi connectivity index (χ3n) is 10.1. The van der Waals surface area contributed by atoms with E-state index >= 15 is 0 Å². The van der Waals surface area contributed by atoms with E-state index in [0.717, 1.165) is 17.9 Å². The largest absolute Gasteiger partial charge is 0.373 e. The summed E-state index contributed by atoms with van der Waals surface area (Å²) >= 11 is 1.83. The summed E-state index contributed by atoms with van der Waals surface area (Å²) in [5, 5.41) is 13.9. The Labute approximate surface area is 295 Å². The molecule has 3 heteroatoms. The predicted octanol–water partition coefficient (Wildman–Crippen LogP) is 13.3. The summed E-state index contributed by atoms with van der Waals surface area (Å²) in [7, 11) is 0. The molecule has 9 aromatic rings. The van der Waals surface area contributed by atoms with Crippen LogP contribution in [0.4, 0.5) is 16.4 Å². The molecule has 0 radical (unpaired) electrons. The Kier molecular flexibility index (Phi) is 6.78. The van der Waals surface area contributed by atoms with E-state index in [9.17, 15) is 0 Å². The molecule has 1 aliphatic heterocycles. The highest BCUT2D eigenvalue weighted by atomic mass is 32.1. The molecular formula is C47H32N2S. The zero-order chi connectivity index (χ0) is 33.0. The van der Waals surface area contributed by atoms with E-state index in [0.29, 0.717) is 0 Å². The number of benzene rings is 8. The van der Waals surface area contributed by atoms with Crippen molar-refractivity contribution >= 4 is 75.8 Å². The second-order valence-corrected chi connectivity index (χ2v) is 14.0. The van der Waals surface area contributed by atoms with Gasteiger partial charge >= 0.3 is 0 Å². The van der Waals surface area contributed by atoms with Crippen molar-refractivity contribution < 1.29 is 0 Å². The van der Waals surface area contributed by atoms with Crippen molar-refractivity contribution in [3.05, 3.63) is 181 Å². The quantitative estimate of drug-likeness (QED) is 0.186. The molecule has 0 unspecified atom stereocenters. The minimum Gasteiger partial charge on any atom is -0.373 e. The van der Waals surface area contributed by atoms with Crippen LogP contribution in [0.2, 0.25) is 0 Å². The van der Waals surface area contributed by atoms with Gasteiger partial charge in [-0.15, -0.1) is 11.3 Å². The zero-order valence-electron chi connectivity index (χ0n) is 27.3. The molecule has 0 spiro atoms. The van der Waals surface area contributed by atoms with Crippen LogP contribution in [0, 0.1) is 0 Å². The lowest BCUT2D eigenvalue weighted by atomic mass is 9.91. The smallest absolute Gasteiger partial charge is 0.0992 e. The first-order valence-corrected chi connectivity index (χ1v) is 18.0. The zero-order valence-corrected chi connectivity index (χ0v) is 28.1. The summed E-state index contributed by atoms with van der Waals surface area (Å²) in [6, 6.07) is 62.0. The van der Waals surface area contributed by atoms with Crippen LogP contribution in [0.25, 0.3) is 70.4 Å². The molecule has 2 nitrogen and oxygen atoms in total. The Hall–Kier alpha value is -6.16. The number of rotatable bonds is 5. The van der Waals surface area contributed by atoms with Crippen LogP contribution >= 0.6 is 11.3 Å². The first-order valence-electron chi connectivity index (χ1n) is 17.2. The molecule has 0 fully saturated rings. The Morgan fingerprint density at radius 3 is 1.84 bits per heavy atom. The number of anilines is 3. The van der Waals surface area contributed by atoms with Crippen molar-refractivity contribution in [2.45, 2.75) is 0 Å². The molecule has 0 aliphatic carbocycles. The molecule has 0 atom stereocenters. The Bertz CT molecular complexity index is 2740. The number of fused-ring (bicyclic) bond motifs is 8. The van der Waals surface area contributed by atoms with Gasteiger partial charge in [0, 0.05) is 33.6 Å². The number of nitrogens with one attached hydrogen (secondary N) is 1. The molecule has 0 saturated carbocycles. The van der Waals surface area contributed by atoms with E-state index in [1.807, 2.05) is 11.3 Å². The standard InChI is InChI=1S/C47H32N2S/c1-2-10-31(11-3-1)32-18-23-35(24-19-32)49(44-28-29-48-47-46(44)41-16-8-9-17-45(41)50-47)36-25-20-34(21-26-36)42-30-43-37-13-5-4-12-33(37)22-27-40(43)38-14-6-7-15-39(38)42/h1-28,30,48H,29H2. The summed E-state index contributed by atoms with van der Waals surface area (Å²) in [4.78, 5) is 2.43. The van der Waals surface area contributed by atoms with E-state index in [1.165, 1.54) is 80.9 Å². The van der Waals surface area contributed by atoms with Crippen LogP contribution in [0.3, 0.4) is 0 Å². The van der Waals surface area contributed by atoms with Gasteiger partial charge < -0.3 is 10.2 Å². The highest BCUT2D eigenvalue weighted by Crippen LogP contribution is 2.47. The molecule has 10 rings (SSSR count). The van der Waals surface area contributed by atoms with Gasteiger partial charge in [-0.2, -0.15) is 0 Å². The van der Waals surface area contributed by atoms with E-state index < -0.39 is 0 Å². The third-order valence-corrected chi connectivity index (χ3v) is 11.2. The van der Waals surface area contributed by atoms with Gasteiger partial charge in [0.05, 0.1) is 10.7 Å². The van der Waals surface area contributed by atoms with Crippen LogP contribution in [0.5, 0.6) is 0 Å². The first kappa shape index (κ1) is 28.8. The van der Waals surface area contributed by atoms with Crippen molar-refractivity contribution in [1.82, 2.24) is 0 Å². The first-order chi connectivity index (χ1) is 24.8. The molecule has 0 saturated heterocycles. The Balaban J connectivity index is 1.13. The van der Waals surface area contributed by atoms with E-state index in [2.05, 4.69) is 186 Å². The van der Waals surface area contributed by atoms with Crippen LogP contribution in [0.1, 0.15) is 5.56 Å². The fourth-order valence-electron chi connectivity index (χ4n) is 7.72. The lowest BCUT2D eigenvalue weighted by Crippen LogP contribution is -2.20.